The number of aliphatic hydroxyl groups is 1. The molecule has 1 aromatic rings. The average Bonchev–Trinajstić information content (AvgIpc) is 2.16. The van der Waals surface area contributed by atoms with Crippen molar-refractivity contribution in [1.29, 1.82) is 0 Å². The fourth-order valence-corrected chi connectivity index (χ4v) is 1.83. The van der Waals surface area contributed by atoms with E-state index >= 15 is 0 Å². The first-order chi connectivity index (χ1) is 7.40. The smallest absolute Gasteiger partial charge is 0.0603 e. The van der Waals surface area contributed by atoms with Crippen LogP contribution < -0.4 is 5.32 Å². The van der Waals surface area contributed by atoms with Crippen LogP contribution in [0.25, 0.3) is 0 Å². The van der Waals surface area contributed by atoms with Gasteiger partial charge in [-0.1, -0.05) is 29.8 Å². The topological polar surface area (TPSA) is 32.3 Å². The number of nitrogens with one attached hydrogen (secondary N) is 1. The molecule has 0 spiro atoms. The van der Waals surface area contributed by atoms with E-state index in [9.17, 15) is 5.11 Å². The van der Waals surface area contributed by atoms with E-state index in [1.807, 2.05) is 38.1 Å². The zero-order chi connectivity index (χ0) is 12.2. The first-order valence-corrected chi connectivity index (χ1v) is 5.98. The van der Waals surface area contributed by atoms with Gasteiger partial charge in [-0.15, -0.1) is 0 Å². The summed E-state index contributed by atoms with van der Waals surface area (Å²) in [5.74, 6) is 0. The van der Waals surface area contributed by atoms with Crippen molar-refractivity contribution in [1.82, 2.24) is 5.32 Å². The lowest BCUT2D eigenvalue weighted by Crippen LogP contribution is -2.28. The van der Waals surface area contributed by atoms with Gasteiger partial charge in [-0.3, -0.25) is 0 Å². The molecule has 0 saturated heterocycles. The minimum Gasteiger partial charge on any atom is -0.390 e. The van der Waals surface area contributed by atoms with Crippen LogP contribution in [0.1, 0.15) is 38.8 Å². The molecule has 1 rings (SSSR count). The van der Waals surface area contributed by atoms with Crippen LogP contribution in [0.15, 0.2) is 24.3 Å². The molecule has 2 nitrogen and oxygen atoms in total. The number of rotatable bonds is 5. The van der Waals surface area contributed by atoms with E-state index in [4.69, 9.17) is 11.6 Å². The number of hydrogen-bond donors (Lipinski definition) is 2. The molecule has 0 heterocycles. The Hall–Kier alpha value is -0.570. The van der Waals surface area contributed by atoms with Crippen molar-refractivity contribution in [3.8, 4) is 0 Å². The van der Waals surface area contributed by atoms with Crippen LogP contribution in [0.2, 0.25) is 5.02 Å². The summed E-state index contributed by atoms with van der Waals surface area (Å²) in [7, 11) is 0. The third-order valence-electron chi connectivity index (χ3n) is 2.56. The SMILES string of the molecule is CC(NCCC(C)(C)O)c1ccccc1Cl. The molecule has 0 saturated carbocycles. The number of benzene rings is 1. The first-order valence-electron chi connectivity index (χ1n) is 5.60. The van der Waals surface area contributed by atoms with E-state index < -0.39 is 5.60 Å². The summed E-state index contributed by atoms with van der Waals surface area (Å²) in [6, 6.07) is 8.02. The van der Waals surface area contributed by atoms with E-state index in [2.05, 4.69) is 12.2 Å². The Morgan fingerprint density at radius 3 is 2.56 bits per heavy atom. The van der Waals surface area contributed by atoms with Gasteiger partial charge in [0.15, 0.2) is 0 Å². The van der Waals surface area contributed by atoms with Crippen molar-refractivity contribution >= 4 is 11.6 Å². The standard InChI is InChI=1S/C13H20ClNO/c1-10(15-9-8-13(2,3)16)11-6-4-5-7-12(11)14/h4-7,10,15-16H,8-9H2,1-3H3. The van der Waals surface area contributed by atoms with E-state index in [-0.39, 0.29) is 6.04 Å². The highest BCUT2D eigenvalue weighted by Crippen LogP contribution is 2.22. The Morgan fingerprint density at radius 1 is 1.38 bits per heavy atom. The first kappa shape index (κ1) is 13.5. The Labute approximate surface area is 103 Å². The van der Waals surface area contributed by atoms with Crippen molar-refractivity contribution in [2.45, 2.75) is 38.8 Å². The molecule has 0 fully saturated rings. The molecule has 2 N–H and O–H groups in total. The third-order valence-corrected chi connectivity index (χ3v) is 2.90. The molecule has 3 heteroatoms. The van der Waals surface area contributed by atoms with Gasteiger partial charge in [0.1, 0.15) is 0 Å². The quantitative estimate of drug-likeness (QED) is 0.830. The fraction of sp³-hybridized carbons (Fsp3) is 0.538. The molecule has 0 radical (unpaired) electrons. The van der Waals surface area contributed by atoms with E-state index in [1.54, 1.807) is 0 Å². The largest absolute Gasteiger partial charge is 0.390 e. The van der Waals surface area contributed by atoms with E-state index in [0.717, 1.165) is 23.6 Å². The Bertz CT molecular complexity index is 333. The second-order valence-electron chi connectivity index (χ2n) is 4.76. The minimum atomic E-state index is -0.618. The average molecular weight is 242 g/mol. The highest BCUT2D eigenvalue weighted by atomic mass is 35.5. The van der Waals surface area contributed by atoms with Crippen LogP contribution >= 0.6 is 11.6 Å². The lowest BCUT2D eigenvalue weighted by atomic mass is 10.0. The minimum absolute atomic E-state index is 0.205. The molecule has 1 aromatic carbocycles. The van der Waals surface area contributed by atoms with Crippen molar-refractivity contribution in [3.63, 3.8) is 0 Å². The zero-order valence-corrected chi connectivity index (χ0v) is 10.9. The second-order valence-corrected chi connectivity index (χ2v) is 5.17. The zero-order valence-electron chi connectivity index (χ0n) is 10.1. The summed E-state index contributed by atoms with van der Waals surface area (Å²) in [6.07, 6.45) is 0.724. The lowest BCUT2D eigenvalue weighted by molar-refractivity contribution is 0.0705. The molecule has 0 amide bonds. The molecule has 1 atom stereocenters. The maximum absolute atomic E-state index is 9.59. The predicted molar refractivity (Wildman–Crippen MR) is 68.8 cm³/mol. The Kier molecular flexibility index (Phi) is 4.78. The van der Waals surface area contributed by atoms with Crippen molar-refractivity contribution in [2.24, 2.45) is 0 Å². The second kappa shape index (κ2) is 5.67. The third kappa shape index (κ3) is 4.52. The summed E-state index contributed by atoms with van der Waals surface area (Å²) in [4.78, 5) is 0. The van der Waals surface area contributed by atoms with Crippen LogP contribution in [0.5, 0.6) is 0 Å². The molecule has 0 aliphatic rings. The Balaban J connectivity index is 2.47. The molecule has 16 heavy (non-hydrogen) atoms. The van der Waals surface area contributed by atoms with Crippen LogP contribution in [0.3, 0.4) is 0 Å². The molecule has 0 aliphatic heterocycles. The van der Waals surface area contributed by atoms with Gasteiger partial charge in [-0.2, -0.15) is 0 Å². The van der Waals surface area contributed by atoms with E-state index in [1.165, 1.54) is 0 Å². The molecule has 0 aliphatic carbocycles. The summed E-state index contributed by atoms with van der Waals surface area (Å²) in [5, 5.41) is 13.7. The summed E-state index contributed by atoms with van der Waals surface area (Å²) in [5.41, 5.74) is 0.479. The van der Waals surface area contributed by atoms with Crippen LogP contribution in [-0.2, 0) is 0 Å². The van der Waals surface area contributed by atoms with Crippen molar-refractivity contribution < 1.29 is 5.11 Å². The lowest BCUT2D eigenvalue weighted by Gasteiger charge is -2.20. The highest BCUT2D eigenvalue weighted by Gasteiger charge is 2.13. The molecule has 90 valence electrons. The molecule has 1 unspecified atom stereocenters. The molecule has 0 aromatic heterocycles. The highest BCUT2D eigenvalue weighted by molar-refractivity contribution is 6.31. The van der Waals surface area contributed by atoms with E-state index in [0.29, 0.717) is 0 Å². The Morgan fingerprint density at radius 2 is 2.00 bits per heavy atom. The van der Waals surface area contributed by atoms with Gasteiger partial charge >= 0.3 is 0 Å². The van der Waals surface area contributed by atoms with Crippen LogP contribution in [-0.4, -0.2) is 17.3 Å². The van der Waals surface area contributed by atoms with Crippen molar-refractivity contribution in [3.05, 3.63) is 34.9 Å². The molecular weight excluding hydrogens is 222 g/mol. The van der Waals surface area contributed by atoms with Crippen LogP contribution in [0, 0.1) is 0 Å². The van der Waals surface area contributed by atoms with Gasteiger partial charge in [0.2, 0.25) is 0 Å². The van der Waals surface area contributed by atoms with Gasteiger partial charge in [0.05, 0.1) is 5.60 Å². The maximum Gasteiger partial charge on any atom is 0.0603 e. The number of halogens is 1. The predicted octanol–water partition coefficient (Wildman–Crippen LogP) is 3.15. The molecular formula is C13H20ClNO. The summed E-state index contributed by atoms with van der Waals surface area (Å²) in [6.45, 7) is 6.48. The van der Waals surface area contributed by atoms with Crippen LogP contribution in [0.4, 0.5) is 0 Å². The normalized spacial score (nSPS) is 13.8. The molecule has 0 bridgehead atoms. The summed E-state index contributed by atoms with van der Waals surface area (Å²) < 4.78 is 0. The summed E-state index contributed by atoms with van der Waals surface area (Å²) >= 11 is 6.10. The van der Waals surface area contributed by atoms with Gasteiger partial charge in [-0.25, -0.2) is 0 Å². The van der Waals surface area contributed by atoms with Gasteiger partial charge < -0.3 is 10.4 Å². The van der Waals surface area contributed by atoms with Gasteiger partial charge in [-0.05, 0) is 45.4 Å². The van der Waals surface area contributed by atoms with Crippen molar-refractivity contribution in [2.75, 3.05) is 6.54 Å². The maximum atomic E-state index is 9.59. The number of hydrogen-bond acceptors (Lipinski definition) is 2. The van der Waals surface area contributed by atoms with Gasteiger partial charge in [0.25, 0.3) is 0 Å². The fourth-order valence-electron chi connectivity index (χ4n) is 1.53. The van der Waals surface area contributed by atoms with Gasteiger partial charge in [0, 0.05) is 11.1 Å². The monoisotopic (exact) mass is 241 g/mol.